The highest BCUT2D eigenvalue weighted by molar-refractivity contribution is 5.99. The summed E-state index contributed by atoms with van der Waals surface area (Å²) >= 11 is 0. The van der Waals surface area contributed by atoms with Gasteiger partial charge in [-0.05, 0) is 31.5 Å². The normalized spacial score (nSPS) is 10.9. The van der Waals surface area contributed by atoms with Crippen LogP contribution in [0.3, 0.4) is 0 Å². The molecule has 3 heterocycles. The molecule has 1 amide bonds. The highest BCUT2D eigenvalue weighted by atomic mass is 16.1. The fraction of sp³-hybridized carbons (Fsp3) is 0.214. The van der Waals surface area contributed by atoms with Gasteiger partial charge < -0.3 is 10.3 Å². The molecule has 3 aromatic heterocycles. The van der Waals surface area contributed by atoms with Crippen LogP contribution < -0.4 is 5.32 Å². The Morgan fingerprint density at radius 3 is 3.05 bits per heavy atom. The van der Waals surface area contributed by atoms with Gasteiger partial charge >= 0.3 is 0 Å². The van der Waals surface area contributed by atoms with E-state index in [1.165, 1.54) is 0 Å². The lowest BCUT2D eigenvalue weighted by Crippen LogP contribution is -2.22. The third-order valence-electron chi connectivity index (χ3n) is 3.14. The molecule has 0 saturated carbocycles. The molecule has 0 spiro atoms. The van der Waals surface area contributed by atoms with Gasteiger partial charge in [0.15, 0.2) is 5.65 Å². The molecule has 0 saturated heterocycles. The summed E-state index contributed by atoms with van der Waals surface area (Å²) in [4.78, 5) is 19.6. The number of amides is 1. The van der Waals surface area contributed by atoms with E-state index in [0.29, 0.717) is 17.8 Å². The molecule has 20 heavy (non-hydrogen) atoms. The van der Waals surface area contributed by atoms with Crippen LogP contribution in [0.15, 0.2) is 30.7 Å². The third-order valence-corrected chi connectivity index (χ3v) is 3.14. The zero-order valence-electron chi connectivity index (χ0n) is 11.3. The van der Waals surface area contributed by atoms with Gasteiger partial charge in [0.2, 0.25) is 0 Å². The molecule has 0 aliphatic rings. The molecule has 0 aliphatic heterocycles. The average Bonchev–Trinajstić information content (AvgIpc) is 3.04. The van der Waals surface area contributed by atoms with Crippen LogP contribution in [0.1, 0.15) is 27.3 Å². The second-order valence-electron chi connectivity index (χ2n) is 4.73. The van der Waals surface area contributed by atoms with E-state index in [4.69, 9.17) is 0 Å². The van der Waals surface area contributed by atoms with Crippen LogP contribution in [0, 0.1) is 13.8 Å². The summed E-state index contributed by atoms with van der Waals surface area (Å²) in [6.45, 7) is 4.32. The number of carbonyl (C=O) groups is 1. The Morgan fingerprint density at radius 2 is 2.30 bits per heavy atom. The zero-order valence-corrected chi connectivity index (χ0v) is 11.3. The van der Waals surface area contributed by atoms with Crippen molar-refractivity contribution in [1.29, 1.82) is 0 Å². The first kappa shape index (κ1) is 12.4. The van der Waals surface area contributed by atoms with Gasteiger partial charge in [0, 0.05) is 30.3 Å². The van der Waals surface area contributed by atoms with E-state index in [-0.39, 0.29) is 5.91 Å². The van der Waals surface area contributed by atoms with Gasteiger partial charge in [-0.1, -0.05) is 0 Å². The maximum Gasteiger partial charge on any atom is 0.257 e. The minimum atomic E-state index is -0.168. The molecule has 0 bridgehead atoms. The number of fused-ring (bicyclic) bond motifs is 1. The first-order chi connectivity index (χ1) is 9.65. The predicted molar refractivity (Wildman–Crippen MR) is 74.4 cm³/mol. The van der Waals surface area contributed by atoms with E-state index >= 15 is 0 Å². The molecule has 0 unspecified atom stereocenters. The number of H-pyrrole nitrogens is 1. The summed E-state index contributed by atoms with van der Waals surface area (Å²) in [6.07, 6.45) is 5.23. The van der Waals surface area contributed by atoms with E-state index in [2.05, 4.69) is 20.4 Å². The summed E-state index contributed by atoms with van der Waals surface area (Å²) in [5.74, 6) is -0.168. The second-order valence-corrected chi connectivity index (χ2v) is 4.73. The SMILES string of the molecule is Cc1cc(C)n2ncc(C(=O)NCc3cc[nH]c3)c2n1. The van der Waals surface area contributed by atoms with E-state index in [9.17, 15) is 4.79 Å². The first-order valence-electron chi connectivity index (χ1n) is 6.37. The largest absolute Gasteiger partial charge is 0.367 e. The first-order valence-corrected chi connectivity index (χ1v) is 6.37. The zero-order chi connectivity index (χ0) is 14.1. The molecule has 3 rings (SSSR count). The van der Waals surface area contributed by atoms with Crippen molar-refractivity contribution in [2.24, 2.45) is 0 Å². The molecule has 0 fully saturated rings. The van der Waals surface area contributed by atoms with Gasteiger partial charge in [-0.3, -0.25) is 4.79 Å². The predicted octanol–water partition coefficient (Wildman–Crippen LogP) is 1.60. The van der Waals surface area contributed by atoms with E-state index in [1.54, 1.807) is 10.7 Å². The monoisotopic (exact) mass is 269 g/mol. The summed E-state index contributed by atoms with van der Waals surface area (Å²) in [7, 11) is 0. The van der Waals surface area contributed by atoms with Crippen molar-refractivity contribution in [3.8, 4) is 0 Å². The second kappa shape index (κ2) is 4.80. The minimum absolute atomic E-state index is 0.168. The Bertz CT molecular complexity index is 757. The van der Waals surface area contributed by atoms with Crippen LogP contribution in [-0.2, 0) is 6.54 Å². The van der Waals surface area contributed by atoms with E-state index < -0.39 is 0 Å². The molecule has 0 atom stereocenters. The maximum atomic E-state index is 12.2. The van der Waals surface area contributed by atoms with Crippen LogP contribution in [0.2, 0.25) is 0 Å². The Morgan fingerprint density at radius 1 is 1.45 bits per heavy atom. The fourth-order valence-corrected chi connectivity index (χ4v) is 2.18. The van der Waals surface area contributed by atoms with Gasteiger partial charge in [-0.25, -0.2) is 9.50 Å². The number of carbonyl (C=O) groups excluding carboxylic acids is 1. The van der Waals surface area contributed by atoms with Crippen LogP contribution in [-0.4, -0.2) is 25.5 Å². The molecule has 6 heteroatoms. The van der Waals surface area contributed by atoms with Crippen molar-refractivity contribution in [3.63, 3.8) is 0 Å². The van der Waals surface area contributed by atoms with E-state index in [0.717, 1.165) is 17.0 Å². The van der Waals surface area contributed by atoms with Crippen molar-refractivity contribution in [2.75, 3.05) is 0 Å². The van der Waals surface area contributed by atoms with Gasteiger partial charge in [0.25, 0.3) is 5.91 Å². The lowest BCUT2D eigenvalue weighted by molar-refractivity contribution is 0.0952. The van der Waals surface area contributed by atoms with Crippen molar-refractivity contribution in [1.82, 2.24) is 24.9 Å². The van der Waals surface area contributed by atoms with Crippen LogP contribution >= 0.6 is 0 Å². The van der Waals surface area contributed by atoms with E-state index in [1.807, 2.05) is 38.4 Å². The Balaban J connectivity index is 1.88. The van der Waals surface area contributed by atoms with Gasteiger partial charge in [-0.15, -0.1) is 0 Å². The van der Waals surface area contributed by atoms with Crippen molar-refractivity contribution < 1.29 is 4.79 Å². The maximum absolute atomic E-state index is 12.2. The number of aryl methyl sites for hydroxylation is 2. The highest BCUT2D eigenvalue weighted by Gasteiger charge is 2.15. The molecule has 102 valence electrons. The Labute approximate surface area is 115 Å². The summed E-state index contributed by atoms with van der Waals surface area (Å²) < 4.78 is 1.68. The quantitative estimate of drug-likeness (QED) is 0.758. The third kappa shape index (κ3) is 2.16. The Hall–Kier alpha value is -2.63. The van der Waals surface area contributed by atoms with Crippen molar-refractivity contribution in [3.05, 3.63) is 53.2 Å². The van der Waals surface area contributed by atoms with Crippen molar-refractivity contribution >= 4 is 11.6 Å². The number of nitrogens with one attached hydrogen (secondary N) is 2. The number of rotatable bonds is 3. The molecule has 6 nitrogen and oxygen atoms in total. The molecular weight excluding hydrogens is 254 g/mol. The van der Waals surface area contributed by atoms with Crippen molar-refractivity contribution in [2.45, 2.75) is 20.4 Å². The highest BCUT2D eigenvalue weighted by Crippen LogP contribution is 2.12. The molecule has 2 N–H and O–H groups in total. The smallest absolute Gasteiger partial charge is 0.257 e. The van der Waals surface area contributed by atoms with Crippen LogP contribution in [0.4, 0.5) is 0 Å². The summed E-state index contributed by atoms with van der Waals surface area (Å²) in [5, 5.41) is 7.08. The number of aromatic amines is 1. The van der Waals surface area contributed by atoms with Gasteiger partial charge in [0.05, 0.1) is 6.20 Å². The standard InChI is InChI=1S/C14H15N5O/c1-9-5-10(2)19-13(18-9)12(8-17-19)14(20)16-7-11-3-4-15-6-11/h3-6,8,15H,7H2,1-2H3,(H,16,20). The molecule has 0 aromatic carbocycles. The molecule has 0 aliphatic carbocycles. The van der Waals surface area contributed by atoms with Gasteiger partial charge in [-0.2, -0.15) is 5.10 Å². The molecule has 0 radical (unpaired) electrons. The summed E-state index contributed by atoms with van der Waals surface area (Å²) in [5.41, 5.74) is 3.93. The van der Waals surface area contributed by atoms with Crippen LogP contribution in [0.25, 0.3) is 5.65 Å². The number of hydrogen-bond acceptors (Lipinski definition) is 3. The Kier molecular flexibility index (Phi) is 2.98. The van der Waals surface area contributed by atoms with Crippen LogP contribution in [0.5, 0.6) is 0 Å². The average molecular weight is 269 g/mol. The fourth-order valence-electron chi connectivity index (χ4n) is 2.18. The van der Waals surface area contributed by atoms with Gasteiger partial charge in [0.1, 0.15) is 5.56 Å². The number of aromatic nitrogens is 4. The lowest BCUT2D eigenvalue weighted by atomic mass is 10.2. The lowest BCUT2D eigenvalue weighted by Gasteiger charge is -2.04. The number of nitrogens with zero attached hydrogens (tertiary/aromatic N) is 3. The number of hydrogen-bond donors (Lipinski definition) is 2. The molecular formula is C14H15N5O. The summed E-state index contributed by atoms with van der Waals surface area (Å²) in [6, 6.07) is 3.85. The minimum Gasteiger partial charge on any atom is -0.367 e. The molecule has 3 aromatic rings. The topological polar surface area (TPSA) is 75.1 Å².